The van der Waals surface area contributed by atoms with Crippen molar-refractivity contribution in [3.05, 3.63) is 60.5 Å². The number of H-pyrrole nitrogens is 1. The van der Waals surface area contributed by atoms with Crippen molar-refractivity contribution < 1.29 is 4.57 Å². The van der Waals surface area contributed by atoms with E-state index in [9.17, 15) is 4.57 Å². The number of nitrogens with one attached hydrogen (secondary N) is 2. The van der Waals surface area contributed by atoms with E-state index in [-0.39, 0.29) is 0 Å². The fraction of sp³-hybridized carbons (Fsp3) is 0.0952. The van der Waals surface area contributed by atoms with Gasteiger partial charge in [-0.15, -0.1) is 11.3 Å². The van der Waals surface area contributed by atoms with Crippen molar-refractivity contribution >= 4 is 56.3 Å². The number of nitrogens with zero attached hydrogens (tertiary/aromatic N) is 3. The summed E-state index contributed by atoms with van der Waals surface area (Å²) in [6, 6.07) is 12.1. The second-order valence-corrected chi connectivity index (χ2v) is 11.3. The molecule has 8 heteroatoms. The molecule has 0 saturated carbocycles. The quantitative estimate of drug-likeness (QED) is 0.390. The van der Waals surface area contributed by atoms with Gasteiger partial charge in [0.05, 0.1) is 27.4 Å². The summed E-state index contributed by atoms with van der Waals surface area (Å²) in [5.74, 6) is 0. The summed E-state index contributed by atoms with van der Waals surface area (Å²) in [6.45, 7) is 3.58. The van der Waals surface area contributed by atoms with Crippen LogP contribution in [0.3, 0.4) is 0 Å². The molecule has 0 radical (unpaired) electrons. The highest BCUT2D eigenvalue weighted by Crippen LogP contribution is 2.41. The van der Waals surface area contributed by atoms with E-state index in [0.717, 1.165) is 48.9 Å². The number of benzene rings is 2. The predicted octanol–water partition coefficient (Wildman–Crippen LogP) is 5.23. The van der Waals surface area contributed by atoms with Gasteiger partial charge < -0.3 is 9.88 Å². The monoisotopic (exact) mass is 419 g/mol. The minimum atomic E-state index is -2.53. The van der Waals surface area contributed by atoms with Gasteiger partial charge in [-0.2, -0.15) is 5.10 Å². The standard InChI is InChI=1S/C21H18N5OPS/c1-28(2,27)20-9-16-17(26-14-3-4-21-19(7-14)23-12-29-21)5-6-22-18(16)8-15(20)13-10-24-25-11-13/h3-12H,1-2H3,(H,22,26)(H,24,25). The number of thiazole rings is 1. The summed E-state index contributed by atoms with van der Waals surface area (Å²) < 4.78 is 14.2. The Hall–Kier alpha value is -3.02. The molecule has 0 bridgehead atoms. The van der Waals surface area contributed by atoms with Crippen LogP contribution >= 0.6 is 18.5 Å². The van der Waals surface area contributed by atoms with Gasteiger partial charge in [-0.25, -0.2) is 4.98 Å². The molecule has 0 amide bonds. The Morgan fingerprint density at radius 1 is 1.07 bits per heavy atom. The molecule has 3 aromatic heterocycles. The van der Waals surface area contributed by atoms with E-state index in [1.807, 2.05) is 42.0 Å². The zero-order valence-corrected chi connectivity index (χ0v) is 17.6. The molecule has 2 aromatic carbocycles. The van der Waals surface area contributed by atoms with E-state index >= 15 is 0 Å². The minimum absolute atomic E-state index is 0.817. The fourth-order valence-electron chi connectivity index (χ4n) is 3.46. The Kier molecular flexibility index (Phi) is 4.23. The van der Waals surface area contributed by atoms with Gasteiger partial charge in [-0.1, -0.05) is 0 Å². The molecule has 29 heavy (non-hydrogen) atoms. The first-order chi connectivity index (χ1) is 14.0. The number of fused-ring (bicyclic) bond motifs is 2. The number of pyridine rings is 1. The first kappa shape index (κ1) is 18.0. The molecule has 0 atom stereocenters. The number of hydrogen-bond acceptors (Lipinski definition) is 6. The Labute approximate surface area is 171 Å². The maximum atomic E-state index is 13.1. The number of hydrogen-bond donors (Lipinski definition) is 2. The third kappa shape index (κ3) is 3.33. The van der Waals surface area contributed by atoms with E-state index in [0.29, 0.717) is 0 Å². The Balaban J connectivity index is 1.67. The Bertz CT molecular complexity index is 1390. The number of rotatable bonds is 4. The zero-order valence-electron chi connectivity index (χ0n) is 15.9. The molecule has 0 aliphatic rings. The molecule has 3 heterocycles. The third-order valence-corrected chi connectivity index (χ3v) is 7.20. The van der Waals surface area contributed by atoms with E-state index in [4.69, 9.17) is 0 Å². The predicted molar refractivity (Wildman–Crippen MR) is 121 cm³/mol. The van der Waals surface area contributed by atoms with Gasteiger partial charge in [-0.05, 0) is 55.3 Å². The van der Waals surface area contributed by atoms with E-state index in [1.54, 1.807) is 37.1 Å². The van der Waals surface area contributed by atoms with Crippen LogP contribution in [0.2, 0.25) is 0 Å². The number of aromatic amines is 1. The van der Waals surface area contributed by atoms with Crippen molar-refractivity contribution in [3.63, 3.8) is 0 Å². The van der Waals surface area contributed by atoms with Gasteiger partial charge in [0.2, 0.25) is 0 Å². The van der Waals surface area contributed by atoms with Gasteiger partial charge in [-0.3, -0.25) is 10.1 Å². The van der Waals surface area contributed by atoms with Crippen LogP contribution in [0.25, 0.3) is 32.2 Å². The van der Waals surface area contributed by atoms with Crippen molar-refractivity contribution in [1.82, 2.24) is 20.2 Å². The lowest BCUT2D eigenvalue weighted by molar-refractivity contribution is 0.588. The summed E-state index contributed by atoms with van der Waals surface area (Å²) in [5, 5.41) is 12.1. The normalized spacial score (nSPS) is 11.9. The lowest BCUT2D eigenvalue weighted by Gasteiger charge is -2.16. The molecule has 0 spiro atoms. The highest BCUT2D eigenvalue weighted by atomic mass is 32.1. The van der Waals surface area contributed by atoms with Crippen molar-refractivity contribution in [2.75, 3.05) is 18.6 Å². The summed E-state index contributed by atoms with van der Waals surface area (Å²) >= 11 is 1.62. The van der Waals surface area contributed by atoms with Crippen LogP contribution in [0.1, 0.15) is 0 Å². The molecule has 0 aliphatic carbocycles. The molecule has 144 valence electrons. The van der Waals surface area contributed by atoms with Crippen LogP contribution in [0, 0.1) is 0 Å². The second-order valence-electron chi connectivity index (χ2n) is 7.24. The molecule has 0 fully saturated rings. The van der Waals surface area contributed by atoms with E-state index < -0.39 is 7.14 Å². The largest absolute Gasteiger partial charge is 0.355 e. The molecule has 0 saturated heterocycles. The Morgan fingerprint density at radius 2 is 1.97 bits per heavy atom. The maximum Gasteiger partial charge on any atom is 0.110 e. The van der Waals surface area contributed by atoms with Crippen LogP contribution in [0.15, 0.2) is 60.5 Å². The van der Waals surface area contributed by atoms with Crippen molar-refractivity contribution in [3.8, 4) is 11.1 Å². The second kappa shape index (κ2) is 6.79. The average Bonchev–Trinajstić information content (AvgIpc) is 3.38. The lowest BCUT2D eigenvalue weighted by Crippen LogP contribution is -2.08. The van der Waals surface area contributed by atoms with E-state index in [2.05, 4.69) is 31.5 Å². The van der Waals surface area contributed by atoms with Crippen molar-refractivity contribution in [1.29, 1.82) is 0 Å². The number of anilines is 2. The molecule has 2 N–H and O–H groups in total. The molecule has 6 nitrogen and oxygen atoms in total. The average molecular weight is 419 g/mol. The molecule has 0 aliphatic heterocycles. The third-order valence-electron chi connectivity index (χ3n) is 4.86. The molecule has 0 unspecified atom stereocenters. The first-order valence-electron chi connectivity index (χ1n) is 9.07. The lowest BCUT2D eigenvalue weighted by atomic mass is 10.1. The summed E-state index contributed by atoms with van der Waals surface area (Å²) in [4.78, 5) is 8.94. The summed E-state index contributed by atoms with van der Waals surface area (Å²) in [6.07, 6.45) is 5.33. The molecular weight excluding hydrogens is 401 g/mol. The van der Waals surface area contributed by atoms with Crippen LogP contribution in [0.5, 0.6) is 0 Å². The van der Waals surface area contributed by atoms with Crippen LogP contribution in [-0.2, 0) is 4.57 Å². The smallest absolute Gasteiger partial charge is 0.110 e. The van der Waals surface area contributed by atoms with Gasteiger partial charge >= 0.3 is 0 Å². The van der Waals surface area contributed by atoms with Crippen molar-refractivity contribution in [2.24, 2.45) is 0 Å². The van der Waals surface area contributed by atoms with Crippen LogP contribution in [0.4, 0.5) is 11.4 Å². The van der Waals surface area contributed by atoms with Gasteiger partial charge in [0, 0.05) is 40.0 Å². The Morgan fingerprint density at radius 3 is 2.76 bits per heavy atom. The van der Waals surface area contributed by atoms with E-state index in [1.165, 1.54) is 0 Å². The minimum Gasteiger partial charge on any atom is -0.355 e. The molecular formula is C21H18N5OPS. The van der Waals surface area contributed by atoms with Crippen molar-refractivity contribution in [2.45, 2.75) is 0 Å². The SMILES string of the molecule is CP(C)(=O)c1cc2c(Nc3ccc4scnc4c3)ccnc2cc1-c1cn[nH]c1. The number of aromatic nitrogens is 4. The maximum absolute atomic E-state index is 13.1. The zero-order chi connectivity index (χ0) is 20.0. The molecule has 5 rings (SSSR count). The first-order valence-corrected chi connectivity index (χ1v) is 12.5. The van der Waals surface area contributed by atoms with Gasteiger partial charge in [0.1, 0.15) is 7.14 Å². The van der Waals surface area contributed by atoms with Gasteiger partial charge in [0.15, 0.2) is 0 Å². The summed E-state index contributed by atoms with van der Waals surface area (Å²) in [5.41, 5.74) is 7.31. The highest BCUT2D eigenvalue weighted by Gasteiger charge is 2.20. The van der Waals surface area contributed by atoms with Crippen LogP contribution < -0.4 is 10.6 Å². The van der Waals surface area contributed by atoms with Gasteiger partial charge in [0.25, 0.3) is 0 Å². The fourth-order valence-corrected chi connectivity index (χ4v) is 5.33. The topological polar surface area (TPSA) is 83.6 Å². The molecule has 5 aromatic rings. The summed E-state index contributed by atoms with van der Waals surface area (Å²) in [7, 11) is -2.53. The highest BCUT2D eigenvalue weighted by molar-refractivity contribution is 7.70. The van der Waals surface area contributed by atoms with Crippen LogP contribution in [-0.4, -0.2) is 33.5 Å².